The molecule has 0 aromatic heterocycles. The molecule has 0 saturated carbocycles. The number of halogens is 3. The fourth-order valence-electron chi connectivity index (χ4n) is 2.92. The third kappa shape index (κ3) is 6.06. The van der Waals surface area contributed by atoms with E-state index in [1.165, 1.54) is 0 Å². The molecule has 0 spiro atoms. The van der Waals surface area contributed by atoms with Crippen molar-refractivity contribution in [1.29, 1.82) is 0 Å². The van der Waals surface area contributed by atoms with Crippen LogP contribution < -0.4 is 10.1 Å². The zero-order valence-corrected chi connectivity index (χ0v) is 20.8. The Balaban J connectivity index is 1.54. The first kappa shape index (κ1) is 23.6. The molecule has 5 nitrogen and oxygen atoms in total. The molecule has 1 fully saturated rings. The quantitative estimate of drug-likeness (QED) is 0.350. The van der Waals surface area contributed by atoms with Gasteiger partial charge in [-0.3, -0.25) is 9.59 Å². The Hall–Kier alpha value is -2.58. The lowest BCUT2D eigenvalue weighted by atomic mass is 10.1. The second-order valence-electron chi connectivity index (χ2n) is 6.86. The van der Waals surface area contributed by atoms with Crippen molar-refractivity contribution in [2.45, 2.75) is 6.61 Å². The molecule has 0 aliphatic carbocycles. The van der Waals surface area contributed by atoms with Crippen LogP contribution in [0.2, 0.25) is 10.0 Å². The summed E-state index contributed by atoms with van der Waals surface area (Å²) in [7, 11) is 0. The van der Waals surface area contributed by atoms with Crippen molar-refractivity contribution in [3.8, 4) is 5.75 Å². The summed E-state index contributed by atoms with van der Waals surface area (Å²) in [6.07, 6.45) is 1.69. The number of carbonyl (C=O) groups is 2. The zero-order valence-electron chi connectivity index (χ0n) is 16.8. The van der Waals surface area contributed by atoms with Crippen molar-refractivity contribution < 1.29 is 14.3 Å². The number of ether oxygens (including phenoxy) is 1. The van der Waals surface area contributed by atoms with Crippen LogP contribution in [0.3, 0.4) is 0 Å². The third-order valence-corrected chi connectivity index (χ3v) is 6.52. The standard InChI is InChI=1S/C24H15BrCl2N2O3S/c25-17-7-9-20(32-13-15-6-8-18(26)12-19(15)27)16(10-17)11-21-23(31)29-24(33-21)28-22(30)14-4-2-1-3-5-14/h1-12H,13H2,(H,28,29,30,31)/b21-11-. The number of thioether (sulfide) groups is 1. The second-order valence-corrected chi connectivity index (χ2v) is 9.65. The highest BCUT2D eigenvalue weighted by molar-refractivity contribution is 9.10. The Morgan fingerprint density at radius 2 is 1.88 bits per heavy atom. The van der Waals surface area contributed by atoms with Crippen LogP contribution >= 0.6 is 50.9 Å². The highest BCUT2D eigenvalue weighted by Gasteiger charge is 2.25. The fraction of sp³-hybridized carbons (Fsp3) is 0.0417. The molecule has 1 heterocycles. The largest absolute Gasteiger partial charge is 0.488 e. The minimum atomic E-state index is -0.425. The summed E-state index contributed by atoms with van der Waals surface area (Å²) in [6, 6.07) is 19.3. The van der Waals surface area contributed by atoms with Crippen LogP contribution in [-0.4, -0.2) is 17.0 Å². The predicted octanol–water partition coefficient (Wildman–Crippen LogP) is 6.74. The number of aliphatic imine (C=N–C) groups is 1. The zero-order chi connectivity index (χ0) is 23.4. The first-order chi connectivity index (χ1) is 15.9. The van der Waals surface area contributed by atoms with Crippen LogP contribution in [0.5, 0.6) is 5.75 Å². The summed E-state index contributed by atoms with van der Waals surface area (Å²) in [5, 5.41) is 3.91. The first-order valence-corrected chi connectivity index (χ1v) is 12.0. The molecule has 33 heavy (non-hydrogen) atoms. The molecule has 2 amide bonds. The molecule has 4 rings (SSSR count). The summed E-state index contributed by atoms with van der Waals surface area (Å²) < 4.78 is 6.80. The normalized spacial score (nSPS) is 15.7. The molecule has 0 bridgehead atoms. The summed E-state index contributed by atoms with van der Waals surface area (Å²) in [5.74, 6) is -0.201. The summed E-state index contributed by atoms with van der Waals surface area (Å²) in [5.41, 5.74) is 1.91. The molecule has 1 saturated heterocycles. The lowest BCUT2D eigenvalue weighted by Crippen LogP contribution is -2.20. The van der Waals surface area contributed by atoms with Gasteiger partial charge in [-0.05, 0) is 60.3 Å². The van der Waals surface area contributed by atoms with E-state index in [4.69, 9.17) is 27.9 Å². The van der Waals surface area contributed by atoms with Gasteiger partial charge in [0.25, 0.3) is 11.8 Å². The van der Waals surface area contributed by atoms with Gasteiger partial charge in [0.2, 0.25) is 0 Å². The van der Waals surface area contributed by atoms with Gasteiger partial charge >= 0.3 is 0 Å². The van der Waals surface area contributed by atoms with Gasteiger partial charge in [0.1, 0.15) is 12.4 Å². The molecule has 3 aromatic rings. The van der Waals surface area contributed by atoms with Crippen molar-refractivity contribution in [2.75, 3.05) is 0 Å². The first-order valence-electron chi connectivity index (χ1n) is 9.64. The molecule has 1 aliphatic heterocycles. The smallest absolute Gasteiger partial charge is 0.279 e. The van der Waals surface area contributed by atoms with E-state index in [1.807, 2.05) is 18.2 Å². The molecule has 0 atom stereocenters. The minimum Gasteiger partial charge on any atom is -0.488 e. The number of amides is 2. The van der Waals surface area contributed by atoms with E-state index in [0.29, 0.717) is 31.8 Å². The molecule has 1 aliphatic rings. The number of carbonyl (C=O) groups excluding carboxylic acids is 2. The van der Waals surface area contributed by atoms with E-state index in [1.54, 1.807) is 54.6 Å². The van der Waals surface area contributed by atoms with Crippen LogP contribution in [0, 0.1) is 0 Å². The average Bonchev–Trinajstić information content (AvgIpc) is 3.13. The van der Waals surface area contributed by atoms with Crippen LogP contribution in [0.15, 0.2) is 81.1 Å². The maximum atomic E-state index is 12.5. The molecule has 0 unspecified atom stereocenters. The van der Waals surface area contributed by atoms with Crippen molar-refractivity contribution >= 4 is 74.0 Å². The number of benzene rings is 3. The molecular weight excluding hydrogens is 547 g/mol. The van der Waals surface area contributed by atoms with Crippen LogP contribution in [-0.2, 0) is 11.4 Å². The Morgan fingerprint density at radius 1 is 1.09 bits per heavy atom. The van der Waals surface area contributed by atoms with Crippen LogP contribution in [0.1, 0.15) is 21.5 Å². The summed E-state index contributed by atoms with van der Waals surface area (Å²) in [6.45, 7) is 0.228. The Bertz CT molecular complexity index is 1300. The summed E-state index contributed by atoms with van der Waals surface area (Å²) in [4.78, 5) is 29.2. The number of amidine groups is 1. The molecule has 3 aromatic carbocycles. The number of nitrogens with zero attached hydrogens (tertiary/aromatic N) is 1. The SMILES string of the molecule is O=C1NC(=NC(=O)c2ccccc2)S/C1=C\c1cc(Br)ccc1OCc1ccc(Cl)cc1Cl. The molecular formula is C24H15BrCl2N2O3S. The van der Waals surface area contributed by atoms with E-state index in [0.717, 1.165) is 21.8 Å². The number of hydrogen-bond donors (Lipinski definition) is 1. The highest BCUT2D eigenvalue weighted by atomic mass is 79.9. The van der Waals surface area contributed by atoms with E-state index >= 15 is 0 Å². The van der Waals surface area contributed by atoms with Gasteiger partial charge in [0.05, 0.1) is 4.91 Å². The minimum absolute atomic E-state index is 0.227. The average molecular weight is 562 g/mol. The van der Waals surface area contributed by atoms with Crippen molar-refractivity contribution in [3.63, 3.8) is 0 Å². The molecule has 166 valence electrons. The maximum Gasteiger partial charge on any atom is 0.279 e. The third-order valence-electron chi connectivity index (χ3n) is 4.53. The van der Waals surface area contributed by atoms with Gasteiger partial charge in [0.15, 0.2) is 5.17 Å². The maximum absolute atomic E-state index is 12.5. The number of nitrogens with one attached hydrogen (secondary N) is 1. The van der Waals surface area contributed by atoms with Gasteiger partial charge in [-0.2, -0.15) is 4.99 Å². The van der Waals surface area contributed by atoms with E-state index < -0.39 is 5.91 Å². The van der Waals surface area contributed by atoms with E-state index in [9.17, 15) is 9.59 Å². The lowest BCUT2D eigenvalue weighted by molar-refractivity contribution is -0.115. The molecule has 1 N–H and O–H groups in total. The van der Waals surface area contributed by atoms with Gasteiger partial charge in [-0.1, -0.05) is 63.4 Å². The fourth-order valence-corrected chi connectivity index (χ4v) is 4.57. The lowest BCUT2D eigenvalue weighted by Gasteiger charge is -2.11. The van der Waals surface area contributed by atoms with Gasteiger partial charge in [-0.25, -0.2) is 0 Å². The predicted molar refractivity (Wildman–Crippen MR) is 137 cm³/mol. The molecule has 0 radical (unpaired) electrons. The Kier molecular flexibility index (Phi) is 7.55. The molecule has 9 heteroatoms. The number of hydrogen-bond acceptors (Lipinski definition) is 4. The monoisotopic (exact) mass is 560 g/mol. The van der Waals surface area contributed by atoms with Gasteiger partial charge in [0, 0.05) is 31.2 Å². The number of rotatable bonds is 5. The summed E-state index contributed by atoms with van der Waals surface area (Å²) >= 11 is 16.7. The van der Waals surface area contributed by atoms with Crippen LogP contribution in [0.4, 0.5) is 0 Å². The van der Waals surface area contributed by atoms with E-state index in [-0.39, 0.29) is 17.7 Å². The Labute approximate surface area is 213 Å². The Morgan fingerprint density at radius 3 is 2.64 bits per heavy atom. The topological polar surface area (TPSA) is 67.8 Å². The van der Waals surface area contributed by atoms with Crippen molar-refractivity contribution in [3.05, 3.63) is 103 Å². The second kappa shape index (κ2) is 10.6. The highest BCUT2D eigenvalue weighted by Crippen LogP contribution is 2.32. The van der Waals surface area contributed by atoms with Crippen molar-refractivity contribution in [1.82, 2.24) is 5.32 Å². The van der Waals surface area contributed by atoms with Crippen molar-refractivity contribution in [2.24, 2.45) is 4.99 Å². The van der Waals surface area contributed by atoms with Gasteiger partial charge in [-0.15, -0.1) is 0 Å². The van der Waals surface area contributed by atoms with Crippen LogP contribution in [0.25, 0.3) is 6.08 Å². The van der Waals surface area contributed by atoms with E-state index in [2.05, 4.69) is 26.2 Å². The van der Waals surface area contributed by atoms with Gasteiger partial charge < -0.3 is 10.1 Å².